The molecule has 0 aliphatic heterocycles. The van der Waals surface area contributed by atoms with Crippen LogP contribution >= 0.6 is 0 Å². The van der Waals surface area contributed by atoms with E-state index in [4.69, 9.17) is 0 Å². The lowest BCUT2D eigenvalue weighted by molar-refractivity contribution is 0.818. The Labute approximate surface area is 267 Å². The summed E-state index contributed by atoms with van der Waals surface area (Å²) < 4.78 is 0. The molecule has 46 heavy (non-hydrogen) atoms. The highest BCUT2D eigenvalue weighted by atomic mass is 15.1. The monoisotopic (exact) mass is 581 g/mol. The lowest BCUT2D eigenvalue weighted by Crippen LogP contribution is -2.23. The molecular weight excluding hydrogens is 555 g/mol. The summed E-state index contributed by atoms with van der Waals surface area (Å²) in [5, 5.41) is 4.97. The van der Waals surface area contributed by atoms with Crippen molar-refractivity contribution in [2.75, 3.05) is 4.90 Å². The summed E-state index contributed by atoms with van der Waals surface area (Å²) in [7, 11) is 0. The van der Waals surface area contributed by atoms with Crippen LogP contribution in [0.5, 0.6) is 0 Å². The molecule has 0 saturated carbocycles. The summed E-state index contributed by atoms with van der Waals surface area (Å²) >= 11 is 0. The minimum absolute atomic E-state index is 0.307. The van der Waals surface area contributed by atoms with E-state index in [1.54, 1.807) is 0 Å². The van der Waals surface area contributed by atoms with E-state index in [1.807, 2.05) is 0 Å². The van der Waals surface area contributed by atoms with Gasteiger partial charge in [0.2, 0.25) is 0 Å². The van der Waals surface area contributed by atoms with Gasteiger partial charge < -0.3 is 4.90 Å². The summed E-state index contributed by atoms with van der Waals surface area (Å²) in [6.07, 6.45) is 0. The molecule has 1 atom stereocenters. The number of fused-ring (bicyclic) bond motifs is 7. The van der Waals surface area contributed by atoms with Crippen LogP contribution in [0.4, 0.5) is 17.1 Å². The van der Waals surface area contributed by atoms with Crippen LogP contribution in [0.2, 0.25) is 0 Å². The Bertz CT molecular complexity index is 2490. The van der Waals surface area contributed by atoms with Gasteiger partial charge in [-0.05, 0) is 114 Å². The summed E-state index contributed by atoms with van der Waals surface area (Å²) in [6, 6.07) is 61.1. The smallest absolute Gasteiger partial charge is 0.0738 e. The first-order valence-corrected chi connectivity index (χ1v) is 16.1. The van der Waals surface area contributed by atoms with Crippen molar-refractivity contribution in [3.8, 4) is 33.4 Å². The predicted molar refractivity (Wildman–Crippen MR) is 191 cm³/mol. The van der Waals surface area contributed by atoms with Crippen LogP contribution < -0.4 is 4.90 Å². The van der Waals surface area contributed by atoms with Gasteiger partial charge in [0, 0.05) is 17.1 Å². The average molecular weight is 582 g/mol. The molecule has 0 heterocycles. The Morgan fingerprint density at radius 3 is 1.35 bits per heavy atom. The van der Waals surface area contributed by atoms with E-state index in [1.165, 1.54) is 82.9 Å². The SMILES string of the molecule is c1ccc2c(c1)-c1cccc3c1C21c2cc(N(c4ccc5ccccc5c4)c4ccc5ccccc5c4)ccc2-c2cccc-3c21. The summed E-state index contributed by atoms with van der Waals surface area (Å²) in [4.78, 5) is 2.45. The van der Waals surface area contributed by atoms with Gasteiger partial charge in [0.1, 0.15) is 0 Å². The number of hydrogen-bond acceptors (Lipinski definition) is 1. The van der Waals surface area contributed by atoms with Crippen molar-refractivity contribution in [2.24, 2.45) is 0 Å². The van der Waals surface area contributed by atoms with Crippen molar-refractivity contribution in [3.05, 3.63) is 186 Å². The van der Waals surface area contributed by atoms with Crippen molar-refractivity contribution >= 4 is 38.6 Å². The molecule has 11 rings (SSSR count). The first-order valence-electron chi connectivity index (χ1n) is 16.1. The van der Waals surface area contributed by atoms with E-state index in [2.05, 4.69) is 169 Å². The Morgan fingerprint density at radius 1 is 0.304 bits per heavy atom. The molecule has 8 aromatic rings. The lowest BCUT2D eigenvalue weighted by Gasteiger charge is -2.30. The number of anilines is 3. The number of benzene rings is 8. The van der Waals surface area contributed by atoms with E-state index in [9.17, 15) is 0 Å². The Balaban J connectivity index is 1.21. The van der Waals surface area contributed by atoms with Gasteiger partial charge in [-0.3, -0.25) is 0 Å². The van der Waals surface area contributed by atoms with E-state index < -0.39 is 0 Å². The Hall–Kier alpha value is -5.92. The minimum atomic E-state index is -0.307. The second kappa shape index (κ2) is 8.62. The molecule has 0 fully saturated rings. The molecule has 1 heteroatoms. The van der Waals surface area contributed by atoms with Crippen molar-refractivity contribution < 1.29 is 0 Å². The maximum atomic E-state index is 2.50. The molecule has 0 saturated heterocycles. The molecule has 1 nitrogen and oxygen atoms in total. The summed E-state index contributed by atoms with van der Waals surface area (Å²) in [6.45, 7) is 0. The molecule has 0 amide bonds. The van der Waals surface area contributed by atoms with Crippen LogP contribution in [0.15, 0.2) is 164 Å². The van der Waals surface area contributed by atoms with Crippen molar-refractivity contribution in [3.63, 3.8) is 0 Å². The average Bonchev–Trinajstić information content (AvgIpc) is 3.71. The molecule has 3 aliphatic carbocycles. The first kappa shape index (κ1) is 24.4. The summed E-state index contributed by atoms with van der Waals surface area (Å²) in [5.74, 6) is 0. The third-order valence-electron chi connectivity index (χ3n) is 10.7. The second-order valence-corrected chi connectivity index (χ2v) is 12.9. The lowest BCUT2D eigenvalue weighted by atomic mass is 9.73. The molecule has 0 aromatic heterocycles. The molecule has 3 aliphatic rings. The third-order valence-corrected chi connectivity index (χ3v) is 10.7. The normalized spacial score (nSPS) is 15.9. The van der Waals surface area contributed by atoms with E-state index in [0.29, 0.717) is 0 Å². The fourth-order valence-corrected chi connectivity index (χ4v) is 8.96. The zero-order valence-corrected chi connectivity index (χ0v) is 25.0. The minimum Gasteiger partial charge on any atom is -0.310 e. The topological polar surface area (TPSA) is 3.24 Å². The highest BCUT2D eigenvalue weighted by molar-refractivity contribution is 6.06. The largest absolute Gasteiger partial charge is 0.310 e. The predicted octanol–water partition coefficient (Wildman–Crippen LogP) is 11.8. The van der Waals surface area contributed by atoms with Crippen LogP contribution in [0.25, 0.3) is 54.9 Å². The van der Waals surface area contributed by atoms with Gasteiger partial charge in [-0.1, -0.05) is 127 Å². The van der Waals surface area contributed by atoms with Crippen molar-refractivity contribution in [1.29, 1.82) is 0 Å². The molecule has 212 valence electrons. The van der Waals surface area contributed by atoms with Gasteiger partial charge in [0.15, 0.2) is 0 Å². The number of hydrogen-bond donors (Lipinski definition) is 0. The van der Waals surface area contributed by atoms with Gasteiger partial charge >= 0.3 is 0 Å². The van der Waals surface area contributed by atoms with Crippen LogP contribution in [0, 0.1) is 0 Å². The van der Waals surface area contributed by atoms with Crippen LogP contribution in [-0.2, 0) is 5.41 Å². The fourth-order valence-electron chi connectivity index (χ4n) is 8.96. The zero-order chi connectivity index (χ0) is 30.0. The van der Waals surface area contributed by atoms with Gasteiger partial charge in [-0.2, -0.15) is 0 Å². The number of rotatable bonds is 3. The fraction of sp³-hybridized carbons (Fsp3) is 0.0222. The second-order valence-electron chi connectivity index (χ2n) is 12.9. The van der Waals surface area contributed by atoms with Crippen LogP contribution in [-0.4, -0.2) is 0 Å². The molecule has 0 radical (unpaired) electrons. The highest BCUT2D eigenvalue weighted by Crippen LogP contribution is 2.70. The molecular formula is C45H27N. The van der Waals surface area contributed by atoms with Crippen molar-refractivity contribution in [2.45, 2.75) is 5.41 Å². The van der Waals surface area contributed by atoms with Crippen LogP contribution in [0.3, 0.4) is 0 Å². The van der Waals surface area contributed by atoms with Gasteiger partial charge in [0.05, 0.1) is 5.41 Å². The van der Waals surface area contributed by atoms with E-state index in [-0.39, 0.29) is 5.41 Å². The van der Waals surface area contributed by atoms with Crippen LogP contribution in [0.1, 0.15) is 22.3 Å². The standard InChI is InChI=1S/C45H27N/c1-3-11-30-25-32(21-19-28(30)9-1)46(33-22-20-29-10-2-4-12-31(29)26-33)34-23-24-36-38-15-8-17-40-39-16-7-14-37-35-13-5-6-18-41(35)45(43(37)39,44(38)40)42(36)27-34/h1-27H. The maximum Gasteiger partial charge on any atom is 0.0738 e. The first-order chi connectivity index (χ1) is 22.8. The quantitative estimate of drug-likeness (QED) is 0.201. The zero-order valence-electron chi connectivity index (χ0n) is 25.0. The Morgan fingerprint density at radius 2 is 0.739 bits per heavy atom. The molecule has 0 bridgehead atoms. The van der Waals surface area contributed by atoms with Gasteiger partial charge in [-0.15, -0.1) is 0 Å². The van der Waals surface area contributed by atoms with Gasteiger partial charge in [0.25, 0.3) is 0 Å². The summed E-state index contributed by atoms with van der Waals surface area (Å²) in [5.41, 5.74) is 17.1. The van der Waals surface area contributed by atoms with Gasteiger partial charge in [-0.25, -0.2) is 0 Å². The molecule has 1 spiro atoms. The molecule has 0 N–H and O–H groups in total. The van der Waals surface area contributed by atoms with Crippen molar-refractivity contribution in [1.82, 2.24) is 0 Å². The molecule has 1 unspecified atom stereocenters. The van der Waals surface area contributed by atoms with E-state index in [0.717, 1.165) is 11.4 Å². The Kier molecular flexibility index (Phi) is 4.57. The number of nitrogens with zero attached hydrogens (tertiary/aromatic N) is 1. The third kappa shape index (κ3) is 2.91. The molecule has 8 aromatic carbocycles. The van der Waals surface area contributed by atoms with E-state index >= 15 is 0 Å². The maximum absolute atomic E-state index is 2.50. The highest BCUT2D eigenvalue weighted by Gasteiger charge is 2.57.